The Balaban J connectivity index is 2.42. The minimum Gasteiger partial charge on any atom is -0.327 e. The molecule has 1 rings (SSSR count). The number of rotatable bonds is 1. The van der Waals surface area contributed by atoms with Crippen LogP contribution in [0.25, 0.3) is 0 Å². The summed E-state index contributed by atoms with van der Waals surface area (Å²) < 4.78 is 0. The monoisotopic (exact) mass is 141 g/mol. The Morgan fingerprint density at radius 1 is 1.40 bits per heavy atom. The molecule has 0 bridgehead atoms. The summed E-state index contributed by atoms with van der Waals surface area (Å²) >= 11 is 0. The second-order valence-electron chi connectivity index (χ2n) is 3.62. The van der Waals surface area contributed by atoms with Gasteiger partial charge in [-0.3, -0.25) is 0 Å². The molecule has 60 valence electrons. The van der Waals surface area contributed by atoms with Crippen molar-refractivity contribution in [1.29, 1.82) is 0 Å². The van der Waals surface area contributed by atoms with E-state index in [1.165, 1.54) is 25.7 Å². The summed E-state index contributed by atoms with van der Waals surface area (Å²) in [5.74, 6) is 1.67. The Kier molecular flexibility index (Phi) is 2.72. The molecule has 0 saturated heterocycles. The predicted molar refractivity (Wildman–Crippen MR) is 44.8 cm³/mol. The van der Waals surface area contributed by atoms with E-state index in [0.717, 1.165) is 11.8 Å². The first kappa shape index (κ1) is 8.06. The van der Waals surface area contributed by atoms with E-state index in [1.54, 1.807) is 0 Å². The molecule has 2 N–H and O–H groups in total. The molecule has 0 spiro atoms. The first-order valence-electron chi connectivity index (χ1n) is 4.51. The van der Waals surface area contributed by atoms with Gasteiger partial charge in [0.1, 0.15) is 0 Å². The normalized spacial score (nSPS) is 41.7. The Labute approximate surface area is 64.0 Å². The lowest BCUT2D eigenvalue weighted by atomic mass is 9.76. The van der Waals surface area contributed by atoms with Gasteiger partial charge in [0.15, 0.2) is 0 Å². The van der Waals surface area contributed by atoms with Gasteiger partial charge in [-0.25, -0.2) is 0 Å². The highest BCUT2D eigenvalue weighted by Crippen LogP contribution is 2.30. The topological polar surface area (TPSA) is 26.0 Å². The Morgan fingerprint density at radius 3 is 2.60 bits per heavy atom. The van der Waals surface area contributed by atoms with E-state index in [-0.39, 0.29) is 0 Å². The molecule has 0 aromatic carbocycles. The molecule has 1 aliphatic rings. The van der Waals surface area contributed by atoms with Crippen LogP contribution >= 0.6 is 0 Å². The van der Waals surface area contributed by atoms with Gasteiger partial charge in [-0.1, -0.05) is 33.1 Å². The fourth-order valence-corrected chi connectivity index (χ4v) is 2.07. The molecule has 0 heterocycles. The fraction of sp³-hybridized carbons (Fsp3) is 1.00. The third-order valence-electron chi connectivity index (χ3n) is 3.06. The first-order chi connectivity index (χ1) is 4.75. The number of hydrogen-bond donors (Lipinski definition) is 1. The molecule has 0 aliphatic heterocycles. The highest BCUT2D eigenvalue weighted by atomic mass is 14.7. The molecule has 0 radical (unpaired) electrons. The molecule has 3 atom stereocenters. The molecule has 1 heteroatoms. The minimum atomic E-state index is 0.485. The molecular formula is C9H19N. The van der Waals surface area contributed by atoms with Crippen LogP contribution in [0.2, 0.25) is 0 Å². The molecule has 1 fully saturated rings. The largest absolute Gasteiger partial charge is 0.327 e. The molecule has 0 aromatic rings. The van der Waals surface area contributed by atoms with Crippen molar-refractivity contribution in [3.05, 3.63) is 0 Å². The van der Waals surface area contributed by atoms with E-state index in [1.807, 2.05) is 0 Å². The van der Waals surface area contributed by atoms with Crippen LogP contribution in [0.1, 0.15) is 39.5 Å². The van der Waals surface area contributed by atoms with E-state index in [9.17, 15) is 0 Å². The Hall–Kier alpha value is -0.0400. The van der Waals surface area contributed by atoms with Gasteiger partial charge in [-0.2, -0.15) is 0 Å². The minimum absolute atomic E-state index is 0.485. The lowest BCUT2D eigenvalue weighted by Crippen LogP contribution is -2.36. The molecule has 1 saturated carbocycles. The zero-order valence-corrected chi connectivity index (χ0v) is 7.14. The third kappa shape index (κ3) is 1.51. The highest BCUT2D eigenvalue weighted by molar-refractivity contribution is 4.80. The van der Waals surface area contributed by atoms with Crippen molar-refractivity contribution in [1.82, 2.24) is 0 Å². The molecule has 10 heavy (non-hydrogen) atoms. The van der Waals surface area contributed by atoms with Crippen LogP contribution in [0.5, 0.6) is 0 Å². The average molecular weight is 141 g/mol. The van der Waals surface area contributed by atoms with Crippen molar-refractivity contribution < 1.29 is 0 Å². The van der Waals surface area contributed by atoms with Gasteiger partial charge in [-0.15, -0.1) is 0 Å². The van der Waals surface area contributed by atoms with Gasteiger partial charge < -0.3 is 5.73 Å². The van der Waals surface area contributed by atoms with Crippen LogP contribution < -0.4 is 5.73 Å². The zero-order chi connectivity index (χ0) is 7.56. The van der Waals surface area contributed by atoms with Gasteiger partial charge >= 0.3 is 0 Å². The average Bonchev–Trinajstić information content (AvgIpc) is 1.95. The highest BCUT2D eigenvalue weighted by Gasteiger charge is 2.25. The Morgan fingerprint density at radius 2 is 2.10 bits per heavy atom. The number of hydrogen-bond acceptors (Lipinski definition) is 1. The molecule has 1 nitrogen and oxygen atoms in total. The molecular weight excluding hydrogens is 122 g/mol. The molecule has 0 amide bonds. The summed E-state index contributed by atoms with van der Waals surface area (Å²) in [5, 5.41) is 0. The summed E-state index contributed by atoms with van der Waals surface area (Å²) in [7, 11) is 0. The van der Waals surface area contributed by atoms with Gasteiger partial charge in [0.05, 0.1) is 0 Å². The van der Waals surface area contributed by atoms with Crippen LogP contribution in [0.3, 0.4) is 0 Å². The second-order valence-corrected chi connectivity index (χ2v) is 3.62. The van der Waals surface area contributed by atoms with E-state index < -0.39 is 0 Å². The zero-order valence-electron chi connectivity index (χ0n) is 7.14. The summed E-state index contributed by atoms with van der Waals surface area (Å²) in [5.41, 5.74) is 5.94. The van der Waals surface area contributed by atoms with Gasteiger partial charge in [0.25, 0.3) is 0 Å². The van der Waals surface area contributed by atoms with Crippen molar-refractivity contribution in [2.45, 2.75) is 45.6 Å². The van der Waals surface area contributed by atoms with E-state index in [0.29, 0.717) is 6.04 Å². The smallest absolute Gasteiger partial charge is 0.00671 e. The van der Waals surface area contributed by atoms with E-state index >= 15 is 0 Å². The van der Waals surface area contributed by atoms with E-state index in [4.69, 9.17) is 5.73 Å². The molecule has 0 aromatic heterocycles. The quantitative estimate of drug-likeness (QED) is 0.595. The van der Waals surface area contributed by atoms with Crippen LogP contribution in [0, 0.1) is 11.8 Å². The van der Waals surface area contributed by atoms with Crippen molar-refractivity contribution in [2.24, 2.45) is 17.6 Å². The lowest BCUT2D eigenvalue weighted by Gasteiger charge is -2.33. The van der Waals surface area contributed by atoms with Crippen LogP contribution in [-0.4, -0.2) is 6.04 Å². The van der Waals surface area contributed by atoms with Gasteiger partial charge in [-0.05, 0) is 18.3 Å². The molecule has 1 aliphatic carbocycles. The van der Waals surface area contributed by atoms with Crippen molar-refractivity contribution in [3.63, 3.8) is 0 Å². The predicted octanol–water partition coefficient (Wildman–Crippen LogP) is 2.16. The maximum Gasteiger partial charge on any atom is 0.00671 e. The summed E-state index contributed by atoms with van der Waals surface area (Å²) in [6.45, 7) is 4.58. The third-order valence-corrected chi connectivity index (χ3v) is 3.06. The Bertz CT molecular complexity index is 101. The van der Waals surface area contributed by atoms with Crippen molar-refractivity contribution in [2.75, 3.05) is 0 Å². The maximum atomic E-state index is 5.94. The number of nitrogens with two attached hydrogens (primary N) is 1. The van der Waals surface area contributed by atoms with Gasteiger partial charge in [0, 0.05) is 6.04 Å². The fourth-order valence-electron chi connectivity index (χ4n) is 2.07. The second kappa shape index (κ2) is 3.38. The summed E-state index contributed by atoms with van der Waals surface area (Å²) in [6.07, 6.45) is 5.32. The van der Waals surface area contributed by atoms with Crippen LogP contribution in [0.15, 0.2) is 0 Å². The van der Waals surface area contributed by atoms with E-state index in [2.05, 4.69) is 13.8 Å². The standard InChI is InChI=1S/C9H19N/c1-3-8-5-4-6-9(10)7(8)2/h7-9H,3-6,10H2,1-2H3/t7-,8+,9-/m1/s1. The lowest BCUT2D eigenvalue weighted by molar-refractivity contribution is 0.217. The summed E-state index contributed by atoms with van der Waals surface area (Å²) in [6, 6.07) is 0.485. The maximum absolute atomic E-state index is 5.94. The SMILES string of the molecule is CC[C@H]1CCC[C@@H](N)[C@@H]1C. The first-order valence-corrected chi connectivity index (χ1v) is 4.51. The van der Waals surface area contributed by atoms with Crippen LogP contribution in [-0.2, 0) is 0 Å². The molecule has 0 unspecified atom stereocenters. The van der Waals surface area contributed by atoms with Crippen molar-refractivity contribution >= 4 is 0 Å². The summed E-state index contributed by atoms with van der Waals surface area (Å²) in [4.78, 5) is 0. The van der Waals surface area contributed by atoms with Crippen molar-refractivity contribution in [3.8, 4) is 0 Å². The van der Waals surface area contributed by atoms with Crippen LogP contribution in [0.4, 0.5) is 0 Å². The van der Waals surface area contributed by atoms with Gasteiger partial charge in [0.2, 0.25) is 0 Å².